The van der Waals surface area contributed by atoms with Crippen LogP contribution in [0.25, 0.3) is 0 Å². The molecule has 0 unspecified atom stereocenters. The van der Waals surface area contributed by atoms with Crippen LogP contribution in [0.5, 0.6) is 0 Å². The average Bonchev–Trinajstić information content (AvgIpc) is 2.26. The summed E-state index contributed by atoms with van der Waals surface area (Å²) in [7, 11) is 1.10. The van der Waals surface area contributed by atoms with Gasteiger partial charge in [0.1, 0.15) is 5.60 Å². The summed E-state index contributed by atoms with van der Waals surface area (Å²) in [6.07, 6.45) is 0.979. The van der Waals surface area contributed by atoms with Crippen molar-refractivity contribution in [3.8, 4) is 0 Å². The molecular weight excluding hydrogens is 254 g/mol. The van der Waals surface area contributed by atoms with Crippen molar-refractivity contribution in [3.05, 3.63) is 0 Å². The van der Waals surface area contributed by atoms with Gasteiger partial charge < -0.3 is 9.47 Å². The highest BCUT2D eigenvalue weighted by Crippen LogP contribution is 2.19. The molecule has 0 aliphatic carbocycles. The minimum atomic E-state index is -0.506. The highest BCUT2D eigenvalue weighted by Gasteiger charge is 2.25. The molecule has 0 spiro atoms. The number of methoxy groups -OCH3 is 1. The maximum absolute atomic E-state index is 11.5. The molecular formula is C12H21NO4S. The lowest BCUT2D eigenvalue weighted by atomic mass is 10.0. The molecule has 1 amide bonds. The zero-order valence-corrected chi connectivity index (χ0v) is 12.2. The Morgan fingerprint density at radius 3 is 2.22 bits per heavy atom. The van der Waals surface area contributed by atoms with E-state index in [1.165, 1.54) is 7.11 Å². The van der Waals surface area contributed by atoms with E-state index in [9.17, 15) is 9.59 Å². The molecule has 0 aromatic rings. The Labute approximate surface area is 110 Å². The zero-order chi connectivity index (χ0) is 13.8. The Kier molecular flexibility index (Phi) is 5.31. The predicted octanol–water partition coefficient (Wildman–Crippen LogP) is 2.31. The number of ether oxygens (including phenoxy) is 2. The molecule has 1 heterocycles. The van der Waals surface area contributed by atoms with Crippen molar-refractivity contribution in [1.82, 2.24) is 0 Å². The van der Waals surface area contributed by atoms with E-state index in [2.05, 4.69) is 4.36 Å². The Morgan fingerprint density at radius 1 is 1.22 bits per heavy atom. The van der Waals surface area contributed by atoms with Crippen LogP contribution in [0.15, 0.2) is 4.36 Å². The first-order valence-corrected chi connectivity index (χ1v) is 7.54. The average molecular weight is 275 g/mol. The Hall–Kier alpha value is -0.910. The normalized spacial score (nSPS) is 24.2. The molecule has 0 aromatic carbocycles. The van der Waals surface area contributed by atoms with E-state index in [1.807, 2.05) is 20.8 Å². The number of carbonyl (C=O) groups is 2. The number of rotatable bonds is 1. The second-order valence-corrected chi connectivity index (χ2v) is 7.16. The van der Waals surface area contributed by atoms with Crippen molar-refractivity contribution in [1.29, 1.82) is 0 Å². The van der Waals surface area contributed by atoms with Crippen LogP contribution in [0, 0.1) is 5.92 Å². The molecule has 1 rings (SSSR count). The van der Waals surface area contributed by atoms with Crippen LogP contribution < -0.4 is 0 Å². The molecule has 1 fully saturated rings. The number of carbonyl (C=O) groups excluding carboxylic acids is 2. The monoisotopic (exact) mass is 275 g/mol. The summed E-state index contributed by atoms with van der Waals surface area (Å²) in [5, 5.41) is 0. The highest BCUT2D eigenvalue weighted by molar-refractivity contribution is 7.87. The van der Waals surface area contributed by atoms with Crippen LogP contribution in [-0.4, -0.2) is 36.3 Å². The lowest BCUT2D eigenvalue weighted by molar-refractivity contribution is -0.145. The number of amides is 1. The van der Waals surface area contributed by atoms with Crippen molar-refractivity contribution in [3.63, 3.8) is 0 Å². The summed E-state index contributed by atoms with van der Waals surface area (Å²) in [5.74, 6) is 1.33. The molecule has 5 nitrogen and oxygen atoms in total. The van der Waals surface area contributed by atoms with E-state index < -0.39 is 11.7 Å². The Balaban J connectivity index is 2.47. The van der Waals surface area contributed by atoms with Gasteiger partial charge in [0.15, 0.2) is 0 Å². The van der Waals surface area contributed by atoms with E-state index in [0.717, 1.165) is 24.3 Å². The Morgan fingerprint density at radius 2 is 1.78 bits per heavy atom. The van der Waals surface area contributed by atoms with E-state index in [4.69, 9.17) is 9.47 Å². The standard InChI is InChI=1S/C12H21NO4S/c1-12(2,3)17-11(15)13-18-7-5-9(6-8-18)10(14)16-4/h9H,5-8H2,1-4H3. The summed E-state index contributed by atoms with van der Waals surface area (Å²) in [6, 6.07) is 0. The maximum Gasteiger partial charge on any atom is 0.440 e. The molecule has 1 aliphatic rings. The molecule has 0 saturated carbocycles. The highest BCUT2D eigenvalue weighted by atomic mass is 32.2. The maximum atomic E-state index is 11.5. The van der Waals surface area contributed by atoms with Gasteiger partial charge in [-0.15, -0.1) is 0 Å². The van der Waals surface area contributed by atoms with Crippen LogP contribution in [0.2, 0.25) is 0 Å². The van der Waals surface area contributed by atoms with Crippen LogP contribution in [0.1, 0.15) is 33.6 Å². The molecule has 104 valence electrons. The van der Waals surface area contributed by atoms with Gasteiger partial charge in [0.2, 0.25) is 0 Å². The smallest absolute Gasteiger partial charge is 0.440 e. The fourth-order valence-electron chi connectivity index (χ4n) is 1.68. The third-order valence-electron chi connectivity index (χ3n) is 2.54. The minimum Gasteiger partial charge on any atom is -0.469 e. The topological polar surface area (TPSA) is 65.0 Å². The third kappa shape index (κ3) is 5.16. The molecule has 0 atom stereocenters. The minimum absolute atomic E-state index is 0.0346. The molecule has 0 radical (unpaired) electrons. The second-order valence-electron chi connectivity index (χ2n) is 5.24. The van der Waals surface area contributed by atoms with Gasteiger partial charge in [-0.1, -0.05) is 10.7 Å². The van der Waals surface area contributed by atoms with E-state index >= 15 is 0 Å². The van der Waals surface area contributed by atoms with Crippen molar-refractivity contribution in [2.45, 2.75) is 39.2 Å². The summed E-state index contributed by atoms with van der Waals surface area (Å²) in [5.41, 5.74) is -0.506. The van der Waals surface area contributed by atoms with Gasteiger partial charge in [-0.3, -0.25) is 4.79 Å². The van der Waals surface area contributed by atoms with Gasteiger partial charge in [-0.05, 0) is 33.6 Å². The second kappa shape index (κ2) is 6.31. The van der Waals surface area contributed by atoms with Crippen LogP contribution in [-0.2, 0) is 25.0 Å². The lowest BCUT2D eigenvalue weighted by Crippen LogP contribution is -2.27. The van der Waals surface area contributed by atoms with Gasteiger partial charge >= 0.3 is 12.1 Å². The van der Waals surface area contributed by atoms with Crippen LogP contribution in [0.4, 0.5) is 4.79 Å². The third-order valence-corrected chi connectivity index (χ3v) is 4.36. The van der Waals surface area contributed by atoms with Crippen molar-refractivity contribution >= 4 is 22.8 Å². The largest absolute Gasteiger partial charge is 0.469 e. The zero-order valence-electron chi connectivity index (χ0n) is 11.4. The molecule has 1 saturated heterocycles. The van der Waals surface area contributed by atoms with Gasteiger partial charge in [-0.25, -0.2) is 4.79 Å². The first-order chi connectivity index (χ1) is 8.31. The van der Waals surface area contributed by atoms with Gasteiger partial charge in [-0.2, -0.15) is 4.36 Å². The molecule has 0 bridgehead atoms. The fraction of sp³-hybridized carbons (Fsp3) is 0.833. The Bertz CT molecular complexity index is 350. The fourth-order valence-corrected chi connectivity index (χ4v) is 3.43. The first kappa shape index (κ1) is 15.1. The lowest BCUT2D eigenvalue weighted by Gasteiger charge is -2.22. The number of hydrogen-bond acceptors (Lipinski definition) is 4. The summed E-state index contributed by atoms with van der Waals surface area (Å²) in [6.45, 7) is 5.45. The van der Waals surface area contributed by atoms with Crippen molar-refractivity contribution < 1.29 is 19.1 Å². The van der Waals surface area contributed by atoms with E-state index in [-0.39, 0.29) is 22.6 Å². The molecule has 0 aromatic heterocycles. The first-order valence-electron chi connectivity index (χ1n) is 6.02. The summed E-state index contributed by atoms with van der Waals surface area (Å²) < 4.78 is 13.9. The predicted molar refractivity (Wildman–Crippen MR) is 70.5 cm³/mol. The van der Waals surface area contributed by atoms with Crippen LogP contribution >= 0.6 is 0 Å². The number of esters is 1. The van der Waals surface area contributed by atoms with Gasteiger partial charge in [0, 0.05) is 11.5 Å². The summed E-state index contributed by atoms with van der Waals surface area (Å²) in [4.78, 5) is 22.9. The molecule has 1 aliphatic heterocycles. The van der Waals surface area contributed by atoms with Crippen molar-refractivity contribution in [2.75, 3.05) is 18.6 Å². The van der Waals surface area contributed by atoms with Crippen molar-refractivity contribution in [2.24, 2.45) is 10.3 Å². The quantitative estimate of drug-likeness (QED) is 0.689. The van der Waals surface area contributed by atoms with E-state index in [0.29, 0.717) is 0 Å². The van der Waals surface area contributed by atoms with Gasteiger partial charge in [0.25, 0.3) is 0 Å². The number of hydrogen-bond donors (Lipinski definition) is 0. The molecule has 18 heavy (non-hydrogen) atoms. The van der Waals surface area contributed by atoms with E-state index in [1.54, 1.807) is 0 Å². The molecule has 6 heteroatoms. The SMILES string of the molecule is COC(=O)C1CCS(=NC(=O)OC(C)(C)C)CC1. The number of nitrogens with zero attached hydrogens (tertiary/aromatic N) is 1. The van der Waals surface area contributed by atoms with Crippen LogP contribution in [0.3, 0.4) is 0 Å². The molecule has 0 N–H and O–H groups in total. The van der Waals surface area contributed by atoms with Gasteiger partial charge in [0.05, 0.1) is 13.0 Å². The summed E-state index contributed by atoms with van der Waals surface area (Å²) >= 11 is 0.